The Morgan fingerprint density at radius 1 is 1.30 bits per heavy atom. The third-order valence-electron chi connectivity index (χ3n) is 2.97. The highest BCUT2D eigenvalue weighted by molar-refractivity contribution is 5.77. The lowest BCUT2D eigenvalue weighted by atomic mass is 10.0. The largest absolute Gasteiger partial charge is 0.465 e. The average molecular weight is 293 g/mol. The lowest BCUT2D eigenvalue weighted by molar-refractivity contribution is -0.171. The number of rotatable bonds is 3. The van der Waals surface area contributed by atoms with Gasteiger partial charge in [0.2, 0.25) is 0 Å². The van der Waals surface area contributed by atoms with Crippen LogP contribution in [0, 0.1) is 5.92 Å². The van der Waals surface area contributed by atoms with Crippen LogP contribution in [-0.2, 0) is 14.3 Å². The molecule has 1 heterocycles. The molecule has 0 bridgehead atoms. The molecule has 0 aromatic carbocycles. The molecule has 0 radical (unpaired) electrons. The number of carbonyl (C=O) groups is 2. The molecule has 0 aromatic rings. The van der Waals surface area contributed by atoms with Crippen LogP contribution in [0.5, 0.6) is 0 Å². The summed E-state index contributed by atoms with van der Waals surface area (Å²) < 4.78 is 36.2. The highest BCUT2D eigenvalue weighted by atomic mass is 19.3. The number of alkyl halides is 2. The summed E-state index contributed by atoms with van der Waals surface area (Å²) in [6.45, 7) is 5.75. The molecule has 1 unspecified atom stereocenters. The molecule has 0 aliphatic carbocycles. The second-order valence-corrected chi connectivity index (χ2v) is 5.98. The van der Waals surface area contributed by atoms with Gasteiger partial charge in [0.05, 0.1) is 7.11 Å². The molecule has 7 heteroatoms. The minimum absolute atomic E-state index is 0.168. The first kappa shape index (κ1) is 16.7. The van der Waals surface area contributed by atoms with Crippen LogP contribution in [0.15, 0.2) is 0 Å². The van der Waals surface area contributed by atoms with E-state index in [1.165, 1.54) is 4.90 Å². The number of nitrogens with zero attached hydrogens (tertiary/aromatic N) is 1. The quantitative estimate of drug-likeness (QED) is 0.750. The lowest BCUT2D eigenvalue weighted by Gasteiger charge is -2.24. The summed E-state index contributed by atoms with van der Waals surface area (Å²) in [5.74, 6) is -5.48. The van der Waals surface area contributed by atoms with Crippen LogP contribution in [-0.4, -0.2) is 48.7 Å². The number of ether oxygens (including phenoxy) is 2. The number of hydrogen-bond acceptors (Lipinski definition) is 4. The molecule has 1 rings (SSSR count). The maximum atomic E-state index is 13.5. The van der Waals surface area contributed by atoms with Crippen LogP contribution in [0.1, 0.15) is 33.6 Å². The molecule has 1 atom stereocenters. The van der Waals surface area contributed by atoms with E-state index in [-0.39, 0.29) is 6.54 Å². The van der Waals surface area contributed by atoms with E-state index in [4.69, 9.17) is 4.74 Å². The summed E-state index contributed by atoms with van der Waals surface area (Å²) in [5.41, 5.74) is -0.620. The molecule has 20 heavy (non-hydrogen) atoms. The zero-order valence-corrected chi connectivity index (χ0v) is 12.2. The van der Waals surface area contributed by atoms with Gasteiger partial charge < -0.3 is 14.4 Å². The van der Waals surface area contributed by atoms with Crippen molar-refractivity contribution in [2.24, 2.45) is 5.92 Å². The standard InChI is InChI=1S/C13H21F2NO4/c1-12(2,3)20-11(18)16-6-5-9(8-16)7-13(14,15)10(17)19-4/h9H,5-8H2,1-4H3. The van der Waals surface area contributed by atoms with Crippen LogP contribution in [0.2, 0.25) is 0 Å². The predicted molar refractivity (Wildman–Crippen MR) is 67.5 cm³/mol. The molecule has 0 saturated carbocycles. The molecule has 5 nitrogen and oxygen atoms in total. The van der Waals surface area contributed by atoms with Gasteiger partial charge in [-0.15, -0.1) is 0 Å². The fourth-order valence-electron chi connectivity index (χ4n) is 2.09. The molecule has 0 aromatic heterocycles. The third kappa shape index (κ3) is 4.61. The first-order valence-corrected chi connectivity index (χ1v) is 6.49. The highest BCUT2D eigenvalue weighted by Gasteiger charge is 2.44. The van der Waals surface area contributed by atoms with E-state index < -0.39 is 35.9 Å². The van der Waals surface area contributed by atoms with Crippen LogP contribution in [0.25, 0.3) is 0 Å². The Morgan fingerprint density at radius 2 is 1.90 bits per heavy atom. The number of likely N-dealkylation sites (tertiary alicyclic amines) is 1. The number of esters is 1. The van der Waals surface area contributed by atoms with E-state index in [0.717, 1.165) is 7.11 Å². The van der Waals surface area contributed by atoms with Crippen molar-refractivity contribution in [1.82, 2.24) is 4.90 Å². The van der Waals surface area contributed by atoms with Crippen molar-refractivity contribution in [3.8, 4) is 0 Å². The molecule has 1 aliphatic heterocycles. The average Bonchev–Trinajstić information content (AvgIpc) is 2.73. The number of carbonyl (C=O) groups excluding carboxylic acids is 2. The summed E-state index contributed by atoms with van der Waals surface area (Å²) in [6, 6.07) is 0. The second-order valence-electron chi connectivity index (χ2n) is 5.98. The SMILES string of the molecule is COC(=O)C(F)(F)CC1CCN(C(=O)OC(C)(C)C)C1. The van der Waals surface area contributed by atoms with Gasteiger partial charge in [0.25, 0.3) is 0 Å². The maximum absolute atomic E-state index is 13.5. The van der Waals surface area contributed by atoms with E-state index >= 15 is 0 Å². The molecular formula is C13H21F2NO4. The topological polar surface area (TPSA) is 55.8 Å². The zero-order chi connectivity index (χ0) is 15.6. The lowest BCUT2D eigenvalue weighted by Crippen LogP contribution is -2.36. The fraction of sp³-hybridized carbons (Fsp3) is 0.846. The van der Waals surface area contributed by atoms with Gasteiger partial charge in [-0.3, -0.25) is 0 Å². The number of methoxy groups -OCH3 is 1. The molecule has 1 aliphatic rings. The first-order valence-electron chi connectivity index (χ1n) is 6.49. The molecule has 116 valence electrons. The minimum Gasteiger partial charge on any atom is -0.465 e. The number of amides is 1. The monoisotopic (exact) mass is 293 g/mol. The molecule has 1 amide bonds. The third-order valence-corrected chi connectivity index (χ3v) is 2.97. The van der Waals surface area contributed by atoms with Gasteiger partial charge in [-0.2, -0.15) is 8.78 Å². The normalized spacial score (nSPS) is 19.9. The van der Waals surface area contributed by atoms with E-state index in [2.05, 4.69) is 4.74 Å². The van der Waals surface area contributed by atoms with Gasteiger partial charge in [-0.1, -0.05) is 0 Å². The van der Waals surface area contributed by atoms with Crippen molar-refractivity contribution < 1.29 is 27.8 Å². The van der Waals surface area contributed by atoms with Gasteiger partial charge in [0, 0.05) is 19.5 Å². The van der Waals surface area contributed by atoms with E-state index in [1.807, 2.05) is 0 Å². The molecule has 1 fully saturated rings. The maximum Gasteiger partial charge on any atom is 0.410 e. The van der Waals surface area contributed by atoms with Crippen LogP contribution >= 0.6 is 0 Å². The summed E-state index contributed by atoms with van der Waals surface area (Å²) in [4.78, 5) is 24.1. The summed E-state index contributed by atoms with van der Waals surface area (Å²) in [5, 5.41) is 0. The van der Waals surface area contributed by atoms with Gasteiger partial charge in [-0.05, 0) is 33.1 Å². The van der Waals surface area contributed by atoms with Crippen molar-refractivity contribution in [3.05, 3.63) is 0 Å². The molecular weight excluding hydrogens is 272 g/mol. The van der Waals surface area contributed by atoms with E-state index in [9.17, 15) is 18.4 Å². The van der Waals surface area contributed by atoms with Crippen LogP contribution in [0.4, 0.5) is 13.6 Å². The summed E-state index contributed by atoms with van der Waals surface area (Å²) in [6.07, 6.45) is -0.702. The van der Waals surface area contributed by atoms with Crippen molar-refractivity contribution in [2.75, 3.05) is 20.2 Å². The van der Waals surface area contributed by atoms with Gasteiger partial charge in [-0.25, -0.2) is 9.59 Å². The van der Waals surface area contributed by atoms with Gasteiger partial charge in [0.1, 0.15) is 5.60 Å². The Morgan fingerprint density at radius 3 is 2.40 bits per heavy atom. The van der Waals surface area contributed by atoms with Crippen molar-refractivity contribution >= 4 is 12.1 Å². The zero-order valence-electron chi connectivity index (χ0n) is 12.2. The summed E-state index contributed by atoms with van der Waals surface area (Å²) in [7, 11) is 0.928. The predicted octanol–water partition coefficient (Wildman–Crippen LogP) is 2.44. The Bertz CT molecular complexity index is 379. The first-order chi connectivity index (χ1) is 9.05. The highest BCUT2D eigenvalue weighted by Crippen LogP contribution is 2.31. The Hall–Kier alpha value is -1.40. The molecule has 1 saturated heterocycles. The second kappa shape index (κ2) is 5.93. The summed E-state index contributed by atoms with van der Waals surface area (Å²) >= 11 is 0. The molecule has 0 N–H and O–H groups in total. The Balaban J connectivity index is 2.52. The van der Waals surface area contributed by atoms with Crippen molar-refractivity contribution in [1.29, 1.82) is 0 Å². The minimum atomic E-state index is -3.51. The Kier molecular flexibility index (Phi) is 4.94. The van der Waals surface area contributed by atoms with Crippen molar-refractivity contribution in [3.63, 3.8) is 0 Å². The number of hydrogen-bond donors (Lipinski definition) is 0. The smallest absolute Gasteiger partial charge is 0.410 e. The van der Waals surface area contributed by atoms with Gasteiger partial charge >= 0.3 is 18.0 Å². The van der Waals surface area contributed by atoms with E-state index in [1.54, 1.807) is 20.8 Å². The van der Waals surface area contributed by atoms with E-state index in [0.29, 0.717) is 13.0 Å². The fourth-order valence-corrected chi connectivity index (χ4v) is 2.09. The van der Waals surface area contributed by atoms with Gasteiger partial charge in [0.15, 0.2) is 0 Å². The van der Waals surface area contributed by atoms with Crippen LogP contribution < -0.4 is 0 Å². The van der Waals surface area contributed by atoms with Crippen LogP contribution in [0.3, 0.4) is 0 Å². The number of halogens is 2. The Labute approximate surface area is 117 Å². The molecule has 0 spiro atoms. The van der Waals surface area contributed by atoms with Crippen molar-refractivity contribution in [2.45, 2.75) is 45.1 Å².